The summed E-state index contributed by atoms with van der Waals surface area (Å²) in [5.41, 5.74) is 12.0. The molecule has 6 heteroatoms. The quantitative estimate of drug-likeness (QED) is 0.409. The van der Waals surface area contributed by atoms with Crippen LogP contribution in [0.4, 0.5) is 5.82 Å². The summed E-state index contributed by atoms with van der Waals surface area (Å²) in [4.78, 5) is 26.1. The third-order valence-electron chi connectivity index (χ3n) is 5.43. The number of nitrogen functional groups attached to an aromatic ring is 1. The fourth-order valence-electron chi connectivity index (χ4n) is 3.70. The van der Waals surface area contributed by atoms with Crippen LogP contribution in [0.1, 0.15) is 40.5 Å². The predicted molar refractivity (Wildman–Crippen MR) is 128 cm³/mol. The van der Waals surface area contributed by atoms with Gasteiger partial charge in [0.1, 0.15) is 5.69 Å². The van der Waals surface area contributed by atoms with E-state index in [4.69, 9.17) is 11.0 Å². The molecule has 162 valence electrons. The number of nitrogens with two attached hydrogens (primary N) is 1. The minimum Gasteiger partial charge on any atom is -0.382 e. The largest absolute Gasteiger partial charge is 0.382 e. The minimum atomic E-state index is -0.229. The molecule has 2 heterocycles. The van der Waals surface area contributed by atoms with E-state index in [1.165, 1.54) is 5.56 Å². The average Bonchev–Trinajstić information content (AvgIpc) is 2.85. The number of rotatable bonds is 7. The van der Waals surface area contributed by atoms with Gasteiger partial charge in [-0.25, -0.2) is 9.97 Å². The molecule has 0 spiro atoms. The van der Waals surface area contributed by atoms with Gasteiger partial charge in [-0.3, -0.25) is 9.78 Å². The van der Waals surface area contributed by atoms with Gasteiger partial charge in [0, 0.05) is 24.4 Å². The second-order valence-corrected chi connectivity index (χ2v) is 7.76. The van der Waals surface area contributed by atoms with E-state index in [1.54, 1.807) is 30.7 Å². The molecule has 0 amide bonds. The number of carbonyl (C=O) groups is 1. The number of Topliss-reactive ketones (excluding diaryl/α,β-unsaturated/α-hetero) is 1. The predicted octanol–water partition coefficient (Wildman–Crippen LogP) is 5.04. The van der Waals surface area contributed by atoms with Gasteiger partial charge in [0.25, 0.3) is 0 Å². The van der Waals surface area contributed by atoms with E-state index in [0.29, 0.717) is 11.3 Å². The van der Waals surface area contributed by atoms with Crippen LogP contribution in [-0.2, 0) is 12.8 Å². The molecule has 0 radical (unpaired) electrons. The van der Waals surface area contributed by atoms with Gasteiger partial charge in [-0.05, 0) is 46.9 Å². The first kappa shape index (κ1) is 21.8. The molecule has 0 aliphatic rings. The van der Waals surface area contributed by atoms with Crippen molar-refractivity contribution in [1.29, 1.82) is 5.26 Å². The highest BCUT2D eigenvalue weighted by molar-refractivity contribution is 6.00. The summed E-state index contributed by atoms with van der Waals surface area (Å²) in [6.07, 6.45) is 7.13. The molecule has 0 saturated carbocycles. The molecule has 6 nitrogen and oxygen atoms in total. The third kappa shape index (κ3) is 4.94. The number of benzene rings is 2. The van der Waals surface area contributed by atoms with Crippen molar-refractivity contribution in [2.24, 2.45) is 0 Å². The Morgan fingerprint density at radius 3 is 2.42 bits per heavy atom. The van der Waals surface area contributed by atoms with E-state index in [0.717, 1.165) is 35.1 Å². The molecule has 33 heavy (non-hydrogen) atoms. The Kier molecular flexibility index (Phi) is 6.51. The first-order valence-electron chi connectivity index (χ1n) is 10.8. The molecule has 0 unspecified atom stereocenters. The number of carbonyl (C=O) groups excluding carboxylic acids is 1. The van der Waals surface area contributed by atoms with Crippen LogP contribution in [0, 0.1) is 11.3 Å². The SMILES string of the molecule is CCCc1ccc(-c2cnc(N)c(C(=O)Cc3cnccc3-c3ccc(C#N)cc3)n2)cc1. The highest BCUT2D eigenvalue weighted by atomic mass is 16.1. The lowest BCUT2D eigenvalue weighted by Crippen LogP contribution is -2.12. The van der Waals surface area contributed by atoms with Crippen LogP contribution in [0.3, 0.4) is 0 Å². The summed E-state index contributed by atoms with van der Waals surface area (Å²) < 4.78 is 0. The Bertz CT molecular complexity index is 1320. The molecule has 0 aliphatic heterocycles. The normalized spacial score (nSPS) is 10.5. The third-order valence-corrected chi connectivity index (χ3v) is 5.43. The Morgan fingerprint density at radius 2 is 1.73 bits per heavy atom. The zero-order chi connectivity index (χ0) is 23.2. The molecule has 0 bridgehead atoms. The zero-order valence-electron chi connectivity index (χ0n) is 18.3. The second-order valence-electron chi connectivity index (χ2n) is 7.76. The summed E-state index contributed by atoms with van der Waals surface area (Å²) in [5, 5.41) is 9.04. The van der Waals surface area contributed by atoms with E-state index >= 15 is 0 Å². The van der Waals surface area contributed by atoms with Crippen molar-refractivity contribution < 1.29 is 4.79 Å². The van der Waals surface area contributed by atoms with Crippen LogP contribution in [0.2, 0.25) is 0 Å². The molecule has 0 aliphatic carbocycles. The van der Waals surface area contributed by atoms with Gasteiger partial charge < -0.3 is 5.73 Å². The molecule has 2 aromatic heterocycles. The van der Waals surface area contributed by atoms with Crippen LogP contribution < -0.4 is 5.73 Å². The molecular weight excluding hydrogens is 410 g/mol. The number of nitrogens with zero attached hydrogens (tertiary/aromatic N) is 4. The molecular formula is C27H23N5O. The maximum Gasteiger partial charge on any atom is 0.189 e. The molecule has 2 N–H and O–H groups in total. The van der Waals surface area contributed by atoms with E-state index in [9.17, 15) is 4.79 Å². The van der Waals surface area contributed by atoms with Crippen molar-refractivity contribution in [3.05, 3.63) is 95.6 Å². The highest BCUT2D eigenvalue weighted by Crippen LogP contribution is 2.26. The van der Waals surface area contributed by atoms with Gasteiger partial charge in [0.15, 0.2) is 11.6 Å². The van der Waals surface area contributed by atoms with E-state index < -0.39 is 0 Å². The summed E-state index contributed by atoms with van der Waals surface area (Å²) in [6.45, 7) is 2.15. The number of hydrogen-bond acceptors (Lipinski definition) is 6. The van der Waals surface area contributed by atoms with Gasteiger partial charge in [0.2, 0.25) is 0 Å². The van der Waals surface area contributed by atoms with Crippen LogP contribution in [0.5, 0.6) is 0 Å². The van der Waals surface area contributed by atoms with Crippen LogP contribution >= 0.6 is 0 Å². The summed E-state index contributed by atoms with van der Waals surface area (Å²) >= 11 is 0. The number of anilines is 1. The fourth-order valence-corrected chi connectivity index (χ4v) is 3.70. The first-order valence-corrected chi connectivity index (χ1v) is 10.8. The smallest absolute Gasteiger partial charge is 0.189 e. The molecule has 4 rings (SSSR count). The minimum absolute atomic E-state index is 0.0843. The second kappa shape index (κ2) is 9.84. The van der Waals surface area contributed by atoms with Gasteiger partial charge in [-0.2, -0.15) is 5.26 Å². The number of hydrogen-bond donors (Lipinski definition) is 1. The molecule has 0 fully saturated rings. The van der Waals surface area contributed by atoms with Crippen molar-refractivity contribution in [1.82, 2.24) is 15.0 Å². The maximum absolute atomic E-state index is 13.2. The highest BCUT2D eigenvalue weighted by Gasteiger charge is 2.18. The number of nitriles is 1. The monoisotopic (exact) mass is 433 g/mol. The van der Waals surface area contributed by atoms with Gasteiger partial charge in [-0.15, -0.1) is 0 Å². The molecule has 0 atom stereocenters. The van der Waals surface area contributed by atoms with E-state index in [1.807, 2.05) is 30.3 Å². The van der Waals surface area contributed by atoms with Crippen LogP contribution in [-0.4, -0.2) is 20.7 Å². The number of pyridine rings is 1. The van der Waals surface area contributed by atoms with Gasteiger partial charge in [-0.1, -0.05) is 49.7 Å². The van der Waals surface area contributed by atoms with E-state index in [2.05, 4.69) is 40.1 Å². The number of aryl methyl sites for hydroxylation is 1. The Labute approximate surface area is 192 Å². The number of ketones is 1. The molecule has 2 aromatic carbocycles. The molecule has 0 saturated heterocycles. The lowest BCUT2D eigenvalue weighted by atomic mass is 9.97. The first-order chi connectivity index (χ1) is 16.1. The lowest BCUT2D eigenvalue weighted by Gasteiger charge is -2.10. The van der Waals surface area contributed by atoms with Gasteiger partial charge in [0.05, 0.1) is 23.5 Å². The maximum atomic E-state index is 13.2. The summed E-state index contributed by atoms with van der Waals surface area (Å²) in [7, 11) is 0. The Balaban J connectivity index is 1.62. The Hall–Kier alpha value is -4.37. The summed E-state index contributed by atoms with van der Waals surface area (Å²) in [6, 6.07) is 19.3. The van der Waals surface area contributed by atoms with Gasteiger partial charge >= 0.3 is 0 Å². The van der Waals surface area contributed by atoms with Crippen molar-refractivity contribution in [2.45, 2.75) is 26.2 Å². The topological polar surface area (TPSA) is 106 Å². The standard InChI is InChI=1S/C27H23N5O/c1-2-3-18-4-10-21(11-5-18)24-17-31-27(29)26(32-24)25(33)14-22-16-30-13-12-23(22)20-8-6-19(15-28)7-9-20/h4-13,16-17H,2-3,14H2,1H3,(H2,29,31). The fraction of sp³-hybridized carbons (Fsp3) is 0.148. The molecule has 4 aromatic rings. The van der Waals surface area contributed by atoms with Crippen LogP contribution in [0.15, 0.2) is 73.2 Å². The average molecular weight is 434 g/mol. The van der Waals surface area contributed by atoms with Crippen molar-refractivity contribution in [3.63, 3.8) is 0 Å². The zero-order valence-corrected chi connectivity index (χ0v) is 18.3. The van der Waals surface area contributed by atoms with Crippen molar-refractivity contribution >= 4 is 11.6 Å². The number of aromatic nitrogens is 3. The lowest BCUT2D eigenvalue weighted by molar-refractivity contribution is 0.0989. The Morgan fingerprint density at radius 1 is 1.00 bits per heavy atom. The summed E-state index contributed by atoms with van der Waals surface area (Å²) in [5.74, 6) is -0.123. The van der Waals surface area contributed by atoms with E-state index in [-0.39, 0.29) is 23.7 Å². The van der Waals surface area contributed by atoms with Crippen molar-refractivity contribution in [3.8, 4) is 28.5 Å². The van der Waals surface area contributed by atoms with Crippen molar-refractivity contribution in [2.75, 3.05) is 5.73 Å². The van der Waals surface area contributed by atoms with Crippen LogP contribution in [0.25, 0.3) is 22.4 Å².